The van der Waals surface area contributed by atoms with E-state index >= 15 is 0 Å². The monoisotopic (exact) mass is 240 g/mol. The van der Waals surface area contributed by atoms with E-state index in [-0.39, 0.29) is 0 Å². The number of benzene rings is 2. The molecule has 0 saturated heterocycles. The highest BCUT2D eigenvalue weighted by Gasteiger charge is 2.15. The van der Waals surface area contributed by atoms with Gasteiger partial charge in [0.2, 0.25) is 5.88 Å². The van der Waals surface area contributed by atoms with Gasteiger partial charge in [-0.2, -0.15) is 0 Å². The number of anilines is 1. The number of aromatic nitrogens is 1. The van der Waals surface area contributed by atoms with Gasteiger partial charge in [-0.05, 0) is 16.8 Å². The molecular formula is C14H12N2O2. The highest BCUT2D eigenvalue weighted by Crippen LogP contribution is 2.39. The van der Waals surface area contributed by atoms with E-state index in [1.165, 1.54) is 0 Å². The zero-order valence-corrected chi connectivity index (χ0v) is 9.88. The number of ether oxygens (including phenoxy) is 1. The molecule has 1 aromatic heterocycles. The fourth-order valence-corrected chi connectivity index (χ4v) is 2.14. The van der Waals surface area contributed by atoms with E-state index in [0.717, 1.165) is 27.6 Å². The SMILES string of the molecule is COc1ccc2ccccc2c1-c1cnoc1N. The molecule has 4 nitrogen and oxygen atoms in total. The first-order valence-corrected chi connectivity index (χ1v) is 5.57. The first-order chi connectivity index (χ1) is 8.81. The number of hydrogen-bond acceptors (Lipinski definition) is 4. The van der Waals surface area contributed by atoms with E-state index in [0.29, 0.717) is 5.88 Å². The van der Waals surface area contributed by atoms with Gasteiger partial charge >= 0.3 is 0 Å². The lowest BCUT2D eigenvalue weighted by atomic mass is 9.99. The van der Waals surface area contributed by atoms with Crippen molar-refractivity contribution in [1.82, 2.24) is 5.16 Å². The van der Waals surface area contributed by atoms with Crippen molar-refractivity contribution in [3.05, 3.63) is 42.6 Å². The van der Waals surface area contributed by atoms with Gasteiger partial charge in [0.05, 0.1) is 18.9 Å². The van der Waals surface area contributed by atoms with Crippen LogP contribution in [0.1, 0.15) is 0 Å². The largest absolute Gasteiger partial charge is 0.496 e. The maximum Gasteiger partial charge on any atom is 0.230 e. The minimum atomic E-state index is 0.296. The number of fused-ring (bicyclic) bond motifs is 1. The number of hydrogen-bond donors (Lipinski definition) is 1. The van der Waals surface area contributed by atoms with E-state index in [1.54, 1.807) is 13.3 Å². The molecule has 0 amide bonds. The quantitative estimate of drug-likeness (QED) is 0.747. The Morgan fingerprint density at radius 2 is 2.00 bits per heavy atom. The summed E-state index contributed by atoms with van der Waals surface area (Å²) in [5.74, 6) is 1.05. The first kappa shape index (κ1) is 10.7. The third-order valence-electron chi connectivity index (χ3n) is 2.98. The van der Waals surface area contributed by atoms with Gasteiger partial charge in [-0.15, -0.1) is 0 Å². The van der Waals surface area contributed by atoms with Crippen molar-refractivity contribution in [3.8, 4) is 16.9 Å². The molecule has 0 spiro atoms. The third-order valence-corrected chi connectivity index (χ3v) is 2.98. The smallest absolute Gasteiger partial charge is 0.230 e. The number of methoxy groups -OCH3 is 1. The van der Waals surface area contributed by atoms with Crippen molar-refractivity contribution in [2.45, 2.75) is 0 Å². The fraction of sp³-hybridized carbons (Fsp3) is 0.0714. The highest BCUT2D eigenvalue weighted by molar-refractivity contribution is 6.01. The molecule has 18 heavy (non-hydrogen) atoms. The molecule has 0 radical (unpaired) electrons. The van der Waals surface area contributed by atoms with Crippen molar-refractivity contribution in [1.29, 1.82) is 0 Å². The van der Waals surface area contributed by atoms with Crippen molar-refractivity contribution >= 4 is 16.7 Å². The summed E-state index contributed by atoms with van der Waals surface area (Å²) in [7, 11) is 1.64. The van der Waals surface area contributed by atoms with Crippen LogP contribution >= 0.6 is 0 Å². The van der Waals surface area contributed by atoms with Gasteiger partial charge in [-0.1, -0.05) is 35.5 Å². The van der Waals surface area contributed by atoms with Crippen molar-refractivity contribution < 1.29 is 9.26 Å². The van der Waals surface area contributed by atoms with Gasteiger partial charge in [-0.3, -0.25) is 0 Å². The summed E-state index contributed by atoms with van der Waals surface area (Å²) < 4.78 is 10.3. The Kier molecular flexibility index (Phi) is 2.41. The van der Waals surface area contributed by atoms with E-state index in [2.05, 4.69) is 5.16 Å². The molecule has 0 aliphatic heterocycles. The van der Waals surface area contributed by atoms with Crippen LogP contribution < -0.4 is 10.5 Å². The molecule has 2 N–H and O–H groups in total. The molecule has 0 aliphatic rings. The highest BCUT2D eigenvalue weighted by atomic mass is 16.5. The molecular weight excluding hydrogens is 228 g/mol. The van der Waals surface area contributed by atoms with Crippen LogP contribution in [-0.4, -0.2) is 12.3 Å². The second-order valence-corrected chi connectivity index (χ2v) is 3.97. The van der Waals surface area contributed by atoms with Crippen LogP contribution in [0.3, 0.4) is 0 Å². The summed E-state index contributed by atoms with van der Waals surface area (Å²) in [5, 5.41) is 5.91. The van der Waals surface area contributed by atoms with Crippen LogP contribution in [0, 0.1) is 0 Å². The summed E-state index contributed by atoms with van der Waals surface area (Å²) in [6, 6.07) is 12.0. The standard InChI is InChI=1S/C14H12N2O2/c1-17-12-7-6-9-4-2-3-5-10(9)13(12)11-8-16-18-14(11)15/h2-8H,15H2,1H3. The van der Waals surface area contributed by atoms with Crippen LogP contribution in [-0.2, 0) is 0 Å². The molecule has 4 heteroatoms. The zero-order valence-electron chi connectivity index (χ0n) is 9.88. The second kappa shape index (κ2) is 4.07. The maximum atomic E-state index is 5.80. The molecule has 90 valence electrons. The molecule has 0 aliphatic carbocycles. The predicted molar refractivity (Wildman–Crippen MR) is 70.4 cm³/mol. The van der Waals surface area contributed by atoms with E-state index in [9.17, 15) is 0 Å². The van der Waals surface area contributed by atoms with E-state index in [1.807, 2.05) is 36.4 Å². The Morgan fingerprint density at radius 3 is 2.72 bits per heavy atom. The Balaban J connectivity index is 2.41. The predicted octanol–water partition coefficient (Wildman–Crippen LogP) is 3.09. The summed E-state index contributed by atoms with van der Waals surface area (Å²) in [5.41, 5.74) is 7.47. The van der Waals surface area contributed by atoms with Gasteiger partial charge in [0.25, 0.3) is 0 Å². The zero-order chi connectivity index (χ0) is 12.5. The van der Waals surface area contributed by atoms with Crippen molar-refractivity contribution in [3.63, 3.8) is 0 Å². The normalized spacial score (nSPS) is 10.7. The van der Waals surface area contributed by atoms with Crippen molar-refractivity contribution in [2.24, 2.45) is 0 Å². The third kappa shape index (κ3) is 1.50. The summed E-state index contributed by atoms with van der Waals surface area (Å²) in [4.78, 5) is 0. The average molecular weight is 240 g/mol. The summed E-state index contributed by atoms with van der Waals surface area (Å²) in [6.45, 7) is 0. The molecule has 0 fully saturated rings. The molecule has 0 atom stereocenters. The van der Waals surface area contributed by atoms with Crippen LogP contribution in [0.4, 0.5) is 5.88 Å². The molecule has 0 bridgehead atoms. The minimum Gasteiger partial charge on any atom is -0.496 e. The van der Waals surface area contributed by atoms with Crippen molar-refractivity contribution in [2.75, 3.05) is 12.8 Å². The average Bonchev–Trinajstić information content (AvgIpc) is 2.83. The first-order valence-electron chi connectivity index (χ1n) is 5.57. The topological polar surface area (TPSA) is 61.3 Å². The number of nitrogens with two attached hydrogens (primary N) is 1. The Morgan fingerprint density at radius 1 is 1.17 bits per heavy atom. The minimum absolute atomic E-state index is 0.296. The Hall–Kier alpha value is -2.49. The van der Waals surface area contributed by atoms with Crippen LogP contribution in [0.2, 0.25) is 0 Å². The maximum absolute atomic E-state index is 5.80. The molecule has 0 saturated carbocycles. The van der Waals surface area contributed by atoms with Gasteiger partial charge in [0.1, 0.15) is 5.75 Å². The van der Waals surface area contributed by atoms with Crippen LogP contribution in [0.25, 0.3) is 21.9 Å². The lowest BCUT2D eigenvalue weighted by Gasteiger charge is -2.10. The Bertz CT molecular complexity index is 704. The lowest BCUT2D eigenvalue weighted by Crippen LogP contribution is -1.91. The molecule has 1 heterocycles. The summed E-state index contributed by atoms with van der Waals surface area (Å²) in [6.07, 6.45) is 1.61. The molecule has 3 rings (SSSR count). The molecule has 0 unspecified atom stereocenters. The summed E-state index contributed by atoms with van der Waals surface area (Å²) >= 11 is 0. The molecule has 2 aromatic carbocycles. The van der Waals surface area contributed by atoms with E-state index < -0.39 is 0 Å². The number of nitrogens with zero attached hydrogens (tertiary/aromatic N) is 1. The second-order valence-electron chi connectivity index (χ2n) is 3.97. The van der Waals surface area contributed by atoms with Gasteiger partial charge in [0.15, 0.2) is 0 Å². The van der Waals surface area contributed by atoms with E-state index in [4.69, 9.17) is 15.0 Å². The Labute approximate surface area is 104 Å². The fourth-order valence-electron chi connectivity index (χ4n) is 2.14. The van der Waals surface area contributed by atoms with Gasteiger partial charge < -0.3 is 15.0 Å². The van der Waals surface area contributed by atoms with Gasteiger partial charge in [0, 0.05) is 5.56 Å². The van der Waals surface area contributed by atoms with Crippen LogP contribution in [0.15, 0.2) is 47.1 Å². The van der Waals surface area contributed by atoms with Crippen LogP contribution in [0.5, 0.6) is 5.75 Å². The van der Waals surface area contributed by atoms with Gasteiger partial charge in [-0.25, -0.2) is 0 Å². The lowest BCUT2D eigenvalue weighted by molar-refractivity contribution is 0.417. The number of rotatable bonds is 2. The number of nitrogen functional groups attached to an aromatic ring is 1. The molecule has 3 aromatic rings.